The monoisotopic (exact) mass is 313 g/mol. The van der Waals surface area contributed by atoms with E-state index in [1.807, 2.05) is 54.9 Å². The van der Waals surface area contributed by atoms with Crippen molar-refractivity contribution >= 4 is 17.5 Å². The lowest BCUT2D eigenvalue weighted by Gasteiger charge is -2.11. The normalized spacial score (nSPS) is 12.1. The summed E-state index contributed by atoms with van der Waals surface area (Å²) in [6, 6.07) is 9.50. The Kier molecular flexibility index (Phi) is 4.06. The summed E-state index contributed by atoms with van der Waals surface area (Å²) in [6.07, 6.45) is 5.51. The van der Waals surface area contributed by atoms with Crippen LogP contribution in [0.15, 0.2) is 49.1 Å². The Morgan fingerprint density at radius 3 is 2.64 bits per heavy atom. The van der Waals surface area contributed by atoms with E-state index in [1.165, 1.54) is 0 Å². The Bertz CT molecular complexity index is 766. The molecule has 3 aromatic rings. The first-order valence-electron chi connectivity index (χ1n) is 6.98. The summed E-state index contributed by atoms with van der Waals surface area (Å²) in [5, 5.41) is 3.97. The average molecular weight is 314 g/mol. The van der Waals surface area contributed by atoms with Crippen LogP contribution in [-0.2, 0) is 0 Å². The van der Waals surface area contributed by atoms with Crippen LogP contribution in [-0.4, -0.2) is 19.5 Å². The van der Waals surface area contributed by atoms with Crippen LogP contribution < -0.4 is 5.32 Å². The van der Waals surface area contributed by atoms with Gasteiger partial charge in [-0.15, -0.1) is 0 Å². The van der Waals surface area contributed by atoms with Gasteiger partial charge < -0.3 is 9.88 Å². The van der Waals surface area contributed by atoms with E-state index < -0.39 is 0 Å². The molecule has 0 bridgehead atoms. The first-order chi connectivity index (χ1) is 10.6. The summed E-state index contributed by atoms with van der Waals surface area (Å²) in [5.74, 6) is 0.605. The molecule has 2 aromatic heterocycles. The van der Waals surface area contributed by atoms with Crippen LogP contribution in [0.3, 0.4) is 0 Å². The minimum atomic E-state index is 0.00958. The molecule has 0 unspecified atom stereocenters. The molecule has 5 nitrogen and oxygen atoms in total. The fourth-order valence-electron chi connectivity index (χ4n) is 2.10. The van der Waals surface area contributed by atoms with E-state index in [9.17, 15) is 0 Å². The van der Waals surface area contributed by atoms with Crippen molar-refractivity contribution in [2.75, 3.05) is 5.32 Å². The van der Waals surface area contributed by atoms with Crippen molar-refractivity contribution < 1.29 is 0 Å². The molecular formula is C16H16ClN5. The highest BCUT2D eigenvalue weighted by atomic mass is 35.5. The van der Waals surface area contributed by atoms with Crippen LogP contribution in [0.1, 0.15) is 24.4 Å². The number of aromatic nitrogens is 4. The number of benzene rings is 1. The molecule has 0 aliphatic rings. The molecule has 0 saturated heterocycles. The average Bonchev–Trinajstić information content (AvgIpc) is 2.98. The molecule has 0 aliphatic carbocycles. The lowest BCUT2D eigenvalue weighted by atomic mass is 10.2. The highest BCUT2D eigenvalue weighted by molar-refractivity contribution is 6.30. The van der Waals surface area contributed by atoms with E-state index in [-0.39, 0.29) is 6.04 Å². The van der Waals surface area contributed by atoms with Gasteiger partial charge in [-0.1, -0.05) is 11.6 Å². The minimum Gasteiger partial charge on any atom is -0.346 e. The molecule has 0 radical (unpaired) electrons. The van der Waals surface area contributed by atoms with E-state index in [0.29, 0.717) is 5.95 Å². The number of nitrogens with one attached hydrogen (secondary N) is 1. The molecule has 112 valence electrons. The van der Waals surface area contributed by atoms with Crippen molar-refractivity contribution in [3.05, 3.63) is 65.5 Å². The molecule has 0 amide bonds. The summed E-state index contributed by atoms with van der Waals surface area (Å²) in [4.78, 5) is 13.0. The maximum absolute atomic E-state index is 5.91. The van der Waals surface area contributed by atoms with Gasteiger partial charge in [-0.3, -0.25) is 0 Å². The first-order valence-corrected chi connectivity index (χ1v) is 7.35. The van der Waals surface area contributed by atoms with Crippen LogP contribution >= 0.6 is 11.6 Å². The quantitative estimate of drug-likeness (QED) is 0.796. The van der Waals surface area contributed by atoms with E-state index >= 15 is 0 Å². The topological polar surface area (TPSA) is 55.6 Å². The van der Waals surface area contributed by atoms with Gasteiger partial charge in [0.2, 0.25) is 5.95 Å². The maximum Gasteiger partial charge on any atom is 0.223 e. The van der Waals surface area contributed by atoms with Gasteiger partial charge in [-0.2, -0.15) is 0 Å². The predicted molar refractivity (Wildman–Crippen MR) is 87.4 cm³/mol. The lowest BCUT2D eigenvalue weighted by molar-refractivity contribution is 0.827. The largest absolute Gasteiger partial charge is 0.346 e. The van der Waals surface area contributed by atoms with Crippen LogP contribution in [0, 0.1) is 6.92 Å². The highest BCUT2D eigenvalue weighted by Gasteiger charge is 2.10. The third kappa shape index (κ3) is 3.26. The molecular weight excluding hydrogens is 298 g/mol. The van der Waals surface area contributed by atoms with Crippen molar-refractivity contribution in [1.29, 1.82) is 0 Å². The highest BCUT2D eigenvalue weighted by Crippen LogP contribution is 2.18. The Labute approximate surface area is 134 Å². The summed E-state index contributed by atoms with van der Waals surface area (Å²) < 4.78 is 1.96. The second-order valence-electron chi connectivity index (χ2n) is 5.07. The summed E-state index contributed by atoms with van der Waals surface area (Å²) >= 11 is 5.91. The Morgan fingerprint density at radius 2 is 1.91 bits per heavy atom. The Hall–Kier alpha value is -2.40. The third-order valence-electron chi connectivity index (χ3n) is 3.31. The molecule has 6 heteroatoms. The fraction of sp³-hybridized carbons (Fsp3) is 0.188. The van der Waals surface area contributed by atoms with Gasteiger partial charge in [0.1, 0.15) is 0 Å². The SMILES string of the molecule is Cc1ccnc(N[C@@H](C)c2cn(-c3ccc(Cl)cc3)cn2)n1. The van der Waals surface area contributed by atoms with Crippen molar-refractivity contribution in [2.45, 2.75) is 19.9 Å². The van der Waals surface area contributed by atoms with Crippen LogP contribution in [0.5, 0.6) is 0 Å². The van der Waals surface area contributed by atoms with E-state index in [4.69, 9.17) is 11.6 Å². The van der Waals surface area contributed by atoms with Crippen LogP contribution in [0.4, 0.5) is 5.95 Å². The van der Waals surface area contributed by atoms with Gasteiger partial charge in [0.05, 0.1) is 18.1 Å². The zero-order valence-corrected chi connectivity index (χ0v) is 13.1. The zero-order valence-electron chi connectivity index (χ0n) is 12.4. The summed E-state index contributed by atoms with van der Waals surface area (Å²) in [5.41, 5.74) is 2.86. The van der Waals surface area contributed by atoms with Crippen molar-refractivity contribution in [2.24, 2.45) is 0 Å². The number of imidazole rings is 1. The van der Waals surface area contributed by atoms with Gasteiger partial charge in [-0.25, -0.2) is 15.0 Å². The van der Waals surface area contributed by atoms with Gasteiger partial charge in [0, 0.05) is 28.8 Å². The van der Waals surface area contributed by atoms with Gasteiger partial charge in [0.15, 0.2) is 0 Å². The summed E-state index contributed by atoms with van der Waals surface area (Å²) in [6.45, 7) is 3.97. The smallest absolute Gasteiger partial charge is 0.223 e. The molecule has 1 aromatic carbocycles. The number of halogens is 1. The molecule has 0 fully saturated rings. The maximum atomic E-state index is 5.91. The van der Waals surface area contributed by atoms with Gasteiger partial charge in [-0.05, 0) is 44.2 Å². The molecule has 2 heterocycles. The minimum absolute atomic E-state index is 0.00958. The van der Waals surface area contributed by atoms with Gasteiger partial charge >= 0.3 is 0 Å². The first kappa shape index (κ1) is 14.5. The van der Waals surface area contributed by atoms with E-state index in [0.717, 1.165) is 22.1 Å². The molecule has 0 aliphatic heterocycles. The molecule has 3 rings (SSSR count). The number of hydrogen-bond acceptors (Lipinski definition) is 4. The number of rotatable bonds is 4. The second kappa shape index (κ2) is 6.15. The second-order valence-corrected chi connectivity index (χ2v) is 5.51. The molecule has 1 N–H and O–H groups in total. The number of hydrogen-bond donors (Lipinski definition) is 1. The molecule has 1 atom stereocenters. The molecule has 0 spiro atoms. The van der Waals surface area contributed by atoms with E-state index in [2.05, 4.69) is 20.3 Å². The lowest BCUT2D eigenvalue weighted by Crippen LogP contribution is -2.10. The van der Waals surface area contributed by atoms with Crippen LogP contribution in [0.2, 0.25) is 5.02 Å². The van der Waals surface area contributed by atoms with Gasteiger partial charge in [0.25, 0.3) is 0 Å². The fourth-order valence-corrected chi connectivity index (χ4v) is 2.23. The zero-order chi connectivity index (χ0) is 15.5. The van der Waals surface area contributed by atoms with Crippen molar-refractivity contribution in [1.82, 2.24) is 19.5 Å². The van der Waals surface area contributed by atoms with E-state index in [1.54, 1.807) is 12.5 Å². The van der Waals surface area contributed by atoms with Crippen molar-refractivity contribution in [3.63, 3.8) is 0 Å². The Balaban J connectivity index is 1.76. The van der Waals surface area contributed by atoms with Crippen molar-refractivity contribution in [3.8, 4) is 5.69 Å². The molecule has 0 saturated carbocycles. The molecule has 22 heavy (non-hydrogen) atoms. The van der Waals surface area contributed by atoms with Crippen LogP contribution in [0.25, 0.3) is 5.69 Å². The predicted octanol–water partition coefficient (Wildman–Crippen LogP) is 3.80. The summed E-state index contributed by atoms with van der Waals surface area (Å²) in [7, 11) is 0. The Morgan fingerprint density at radius 1 is 1.14 bits per heavy atom. The number of nitrogens with zero attached hydrogens (tertiary/aromatic N) is 4. The standard InChI is InChI=1S/C16H16ClN5/c1-11-7-8-18-16(20-11)21-12(2)15-9-22(10-19-15)14-5-3-13(17)4-6-14/h3-10,12H,1-2H3,(H,18,20,21)/t12-/m0/s1. The third-order valence-corrected chi connectivity index (χ3v) is 3.56. The number of anilines is 1. The number of aryl methyl sites for hydroxylation is 1.